The molecule has 0 bridgehead atoms. The Labute approximate surface area is 147 Å². The van der Waals surface area contributed by atoms with Gasteiger partial charge in [-0.2, -0.15) is 0 Å². The molecule has 1 unspecified atom stereocenters. The Morgan fingerprint density at radius 1 is 0.760 bits per heavy atom. The van der Waals surface area contributed by atoms with E-state index in [1.165, 1.54) is 28.7 Å². The lowest BCUT2D eigenvalue weighted by Gasteiger charge is -2.23. The van der Waals surface area contributed by atoms with E-state index in [-0.39, 0.29) is 5.82 Å². The van der Waals surface area contributed by atoms with Crippen molar-refractivity contribution in [1.82, 2.24) is 0 Å². The molecule has 1 nitrogen and oxygen atoms in total. The minimum atomic E-state index is -0.168. The summed E-state index contributed by atoms with van der Waals surface area (Å²) in [6.45, 7) is 2.07. The van der Waals surface area contributed by atoms with Crippen molar-refractivity contribution in [2.75, 3.05) is 18.0 Å². The lowest BCUT2D eigenvalue weighted by Crippen LogP contribution is -2.21. The highest BCUT2D eigenvalue weighted by molar-refractivity contribution is 5.79. The Bertz CT molecular complexity index is 870. The van der Waals surface area contributed by atoms with E-state index >= 15 is 0 Å². The number of nitrogens with zero attached hydrogens (tertiary/aromatic N) is 1. The van der Waals surface area contributed by atoms with Gasteiger partial charge < -0.3 is 4.90 Å². The summed E-state index contributed by atoms with van der Waals surface area (Å²) >= 11 is 0. The first-order chi connectivity index (χ1) is 12.3. The molecular weight excluding hydrogens is 309 g/mol. The molecule has 1 atom stereocenters. The summed E-state index contributed by atoms with van der Waals surface area (Å²) in [7, 11) is 0. The molecule has 0 radical (unpaired) electrons. The van der Waals surface area contributed by atoms with Crippen molar-refractivity contribution in [3.63, 3.8) is 0 Å². The molecule has 3 aromatic rings. The maximum absolute atomic E-state index is 13.2. The summed E-state index contributed by atoms with van der Waals surface area (Å²) in [6, 6.07) is 24.6. The van der Waals surface area contributed by atoms with Gasteiger partial charge in [0.05, 0.1) is 0 Å². The Morgan fingerprint density at radius 2 is 1.36 bits per heavy atom. The molecule has 0 spiro atoms. The Kier molecular flexibility index (Phi) is 3.37. The van der Waals surface area contributed by atoms with E-state index in [4.69, 9.17) is 0 Å². The highest BCUT2D eigenvalue weighted by Crippen LogP contribution is 2.50. The summed E-state index contributed by atoms with van der Waals surface area (Å²) in [6.07, 6.45) is 1.17. The lowest BCUT2D eigenvalue weighted by molar-refractivity contribution is 0.524. The van der Waals surface area contributed by atoms with Crippen LogP contribution in [0.4, 0.5) is 10.1 Å². The molecule has 0 saturated carbocycles. The average Bonchev–Trinajstić information content (AvgIpc) is 3.25. The van der Waals surface area contributed by atoms with Crippen LogP contribution < -0.4 is 4.90 Å². The monoisotopic (exact) mass is 329 g/mol. The second kappa shape index (κ2) is 5.73. The van der Waals surface area contributed by atoms with Crippen molar-refractivity contribution in [3.05, 3.63) is 89.7 Å². The summed E-state index contributed by atoms with van der Waals surface area (Å²) in [5, 5.41) is 0. The normalized spacial score (nSPS) is 19.1. The minimum Gasteiger partial charge on any atom is -0.371 e. The maximum atomic E-state index is 13.2. The van der Waals surface area contributed by atoms with Gasteiger partial charge in [-0.1, -0.05) is 48.5 Å². The van der Waals surface area contributed by atoms with Gasteiger partial charge in [0.1, 0.15) is 5.82 Å². The molecule has 25 heavy (non-hydrogen) atoms. The highest BCUT2D eigenvalue weighted by atomic mass is 19.1. The van der Waals surface area contributed by atoms with Gasteiger partial charge in [0.2, 0.25) is 0 Å². The first kappa shape index (κ1) is 14.7. The summed E-state index contributed by atoms with van der Waals surface area (Å²) < 4.78 is 13.2. The van der Waals surface area contributed by atoms with Crippen LogP contribution in [0.5, 0.6) is 0 Å². The van der Waals surface area contributed by atoms with Crippen LogP contribution in [0.15, 0.2) is 72.8 Å². The van der Waals surface area contributed by atoms with Crippen molar-refractivity contribution in [3.8, 4) is 11.1 Å². The molecule has 3 aromatic carbocycles. The van der Waals surface area contributed by atoms with Gasteiger partial charge >= 0.3 is 0 Å². The zero-order valence-corrected chi connectivity index (χ0v) is 14.0. The molecule has 1 aliphatic carbocycles. The SMILES string of the molecule is Fc1ccc(N2CCC(C3c4ccccc4-c4ccccc43)C2)cc1. The largest absolute Gasteiger partial charge is 0.371 e. The first-order valence-electron chi connectivity index (χ1n) is 9.00. The first-order valence-corrected chi connectivity index (χ1v) is 9.00. The van der Waals surface area contributed by atoms with Gasteiger partial charge in [0, 0.05) is 24.7 Å². The second-order valence-electron chi connectivity index (χ2n) is 7.12. The molecule has 1 aliphatic heterocycles. The van der Waals surface area contributed by atoms with Gasteiger partial charge in [-0.3, -0.25) is 0 Å². The van der Waals surface area contributed by atoms with Gasteiger partial charge in [-0.15, -0.1) is 0 Å². The molecule has 0 amide bonds. The Balaban J connectivity index is 1.49. The molecule has 1 saturated heterocycles. The van der Waals surface area contributed by atoms with Crippen LogP contribution >= 0.6 is 0 Å². The molecule has 5 rings (SSSR count). The van der Waals surface area contributed by atoms with E-state index in [0.717, 1.165) is 18.8 Å². The molecule has 2 heteroatoms. The van der Waals surface area contributed by atoms with Gasteiger partial charge in [-0.25, -0.2) is 4.39 Å². The van der Waals surface area contributed by atoms with E-state index in [1.807, 2.05) is 12.1 Å². The number of hydrogen-bond donors (Lipinski definition) is 0. The minimum absolute atomic E-state index is 0.168. The molecule has 2 aliphatic rings. The van der Waals surface area contributed by atoms with Crippen LogP contribution in [0.3, 0.4) is 0 Å². The van der Waals surface area contributed by atoms with Crippen LogP contribution in [0, 0.1) is 11.7 Å². The second-order valence-corrected chi connectivity index (χ2v) is 7.12. The van der Waals surface area contributed by atoms with Crippen molar-refractivity contribution < 1.29 is 4.39 Å². The number of halogens is 1. The van der Waals surface area contributed by atoms with Crippen molar-refractivity contribution in [2.45, 2.75) is 12.3 Å². The van der Waals surface area contributed by atoms with E-state index in [2.05, 4.69) is 53.4 Å². The van der Waals surface area contributed by atoms with Crippen LogP contribution in [0.25, 0.3) is 11.1 Å². The third-order valence-corrected chi connectivity index (χ3v) is 5.77. The smallest absolute Gasteiger partial charge is 0.123 e. The van der Waals surface area contributed by atoms with Crippen LogP contribution in [-0.2, 0) is 0 Å². The predicted molar refractivity (Wildman–Crippen MR) is 100 cm³/mol. The van der Waals surface area contributed by atoms with Gasteiger partial charge in [0.15, 0.2) is 0 Å². The number of anilines is 1. The van der Waals surface area contributed by atoms with E-state index in [1.54, 1.807) is 12.1 Å². The fraction of sp³-hybridized carbons (Fsp3) is 0.217. The summed E-state index contributed by atoms with van der Waals surface area (Å²) in [5.41, 5.74) is 6.85. The zero-order valence-electron chi connectivity index (χ0n) is 14.0. The topological polar surface area (TPSA) is 3.24 Å². The Hall–Kier alpha value is -2.61. The molecular formula is C23H20FN. The average molecular weight is 329 g/mol. The van der Waals surface area contributed by atoms with Crippen molar-refractivity contribution in [2.24, 2.45) is 5.92 Å². The molecule has 1 heterocycles. The summed E-state index contributed by atoms with van der Waals surface area (Å²) in [4.78, 5) is 2.40. The summed E-state index contributed by atoms with van der Waals surface area (Å²) in [5.74, 6) is 0.894. The molecule has 0 aromatic heterocycles. The lowest BCUT2D eigenvalue weighted by atomic mass is 9.83. The zero-order chi connectivity index (χ0) is 16.8. The van der Waals surface area contributed by atoms with Crippen LogP contribution in [0.1, 0.15) is 23.5 Å². The van der Waals surface area contributed by atoms with Crippen LogP contribution in [-0.4, -0.2) is 13.1 Å². The standard InChI is InChI=1S/C23H20FN/c24-17-9-11-18(12-10-17)25-14-13-16(15-25)23-21-7-3-1-5-19(21)20-6-2-4-8-22(20)23/h1-12,16,23H,13-15H2. The van der Waals surface area contributed by atoms with E-state index in [0.29, 0.717) is 11.8 Å². The van der Waals surface area contributed by atoms with Crippen LogP contribution in [0.2, 0.25) is 0 Å². The maximum Gasteiger partial charge on any atom is 0.123 e. The molecule has 0 N–H and O–H groups in total. The molecule has 1 fully saturated rings. The third kappa shape index (κ3) is 2.36. The fourth-order valence-corrected chi connectivity index (χ4v) is 4.65. The number of fused-ring (bicyclic) bond motifs is 3. The van der Waals surface area contributed by atoms with Crippen molar-refractivity contribution in [1.29, 1.82) is 0 Å². The van der Waals surface area contributed by atoms with Crippen molar-refractivity contribution >= 4 is 5.69 Å². The quantitative estimate of drug-likeness (QED) is 0.603. The van der Waals surface area contributed by atoms with E-state index < -0.39 is 0 Å². The fourth-order valence-electron chi connectivity index (χ4n) is 4.65. The third-order valence-electron chi connectivity index (χ3n) is 5.77. The van der Waals surface area contributed by atoms with Gasteiger partial charge in [0.25, 0.3) is 0 Å². The van der Waals surface area contributed by atoms with E-state index in [9.17, 15) is 4.39 Å². The molecule has 124 valence electrons. The van der Waals surface area contributed by atoms with Gasteiger partial charge in [-0.05, 0) is 58.9 Å². The number of rotatable bonds is 2. The predicted octanol–water partition coefficient (Wildman–Crippen LogP) is 5.46. The Morgan fingerprint density at radius 3 is 2.00 bits per heavy atom. The number of hydrogen-bond acceptors (Lipinski definition) is 1. The highest BCUT2D eigenvalue weighted by Gasteiger charge is 2.37. The number of benzene rings is 3.